The summed E-state index contributed by atoms with van der Waals surface area (Å²) in [6, 6.07) is 20.3. The largest absolute Gasteiger partial charge is 0.497 e. The van der Waals surface area contributed by atoms with Gasteiger partial charge in [0.2, 0.25) is 0 Å². The van der Waals surface area contributed by atoms with Crippen molar-refractivity contribution in [2.24, 2.45) is 0 Å². The molecule has 0 saturated carbocycles. The molecule has 0 fully saturated rings. The van der Waals surface area contributed by atoms with Crippen molar-refractivity contribution in [1.29, 1.82) is 0 Å². The SMILES string of the molecule is COc1ccc(OC)c(/C=C/C(=O)c2c(-c3ccccc3)c3cc(Br)ccc3[nH]c2=O)c1. The summed E-state index contributed by atoms with van der Waals surface area (Å²) in [7, 11) is 3.12. The fraction of sp³-hybridized carbons (Fsp3) is 0.0769. The average molecular weight is 490 g/mol. The number of ether oxygens (including phenoxy) is 2. The lowest BCUT2D eigenvalue weighted by atomic mass is 9.94. The first kappa shape index (κ1) is 21.6. The van der Waals surface area contributed by atoms with Crippen LogP contribution in [0.3, 0.4) is 0 Å². The smallest absolute Gasteiger partial charge is 0.260 e. The highest BCUT2D eigenvalue weighted by atomic mass is 79.9. The normalized spacial score (nSPS) is 11.1. The quantitative estimate of drug-likeness (QED) is 0.271. The monoisotopic (exact) mass is 489 g/mol. The Hall–Kier alpha value is -3.64. The van der Waals surface area contributed by atoms with Crippen LogP contribution in [0.1, 0.15) is 15.9 Å². The molecular weight excluding hydrogens is 470 g/mol. The molecule has 0 spiro atoms. The van der Waals surface area contributed by atoms with Crippen molar-refractivity contribution in [1.82, 2.24) is 4.98 Å². The van der Waals surface area contributed by atoms with E-state index in [-0.39, 0.29) is 5.56 Å². The van der Waals surface area contributed by atoms with E-state index in [0.717, 1.165) is 15.4 Å². The topological polar surface area (TPSA) is 68.4 Å². The molecule has 0 aliphatic carbocycles. The van der Waals surface area contributed by atoms with Gasteiger partial charge in [-0.15, -0.1) is 0 Å². The molecule has 0 radical (unpaired) electrons. The fourth-order valence-corrected chi connectivity index (χ4v) is 3.98. The standard InChI is InChI=1S/C26H20BrNO4/c1-31-19-10-13-23(32-2)17(14-19)8-12-22(29)25-24(16-6-4-3-5-7-16)20-15-18(27)9-11-21(20)28-26(25)30/h3-15H,1-2H3,(H,28,30)/b12-8+. The van der Waals surface area contributed by atoms with Gasteiger partial charge >= 0.3 is 0 Å². The zero-order valence-corrected chi connectivity index (χ0v) is 19.1. The first-order valence-corrected chi connectivity index (χ1v) is 10.7. The summed E-state index contributed by atoms with van der Waals surface area (Å²) in [5.74, 6) is 0.822. The minimum absolute atomic E-state index is 0.0833. The Bertz CT molecular complexity index is 1390. The summed E-state index contributed by atoms with van der Waals surface area (Å²) < 4.78 is 11.5. The number of aromatic amines is 1. The van der Waals surface area contributed by atoms with Crippen LogP contribution in [0.25, 0.3) is 28.1 Å². The van der Waals surface area contributed by atoms with Crippen LogP contribution in [0, 0.1) is 0 Å². The Kier molecular flexibility index (Phi) is 6.23. The molecule has 1 N–H and O–H groups in total. The lowest BCUT2D eigenvalue weighted by Gasteiger charge is -2.12. The van der Waals surface area contributed by atoms with Gasteiger partial charge in [-0.25, -0.2) is 0 Å². The van der Waals surface area contributed by atoms with Crippen LogP contribution in [-0.2, 0) is 0 Å². The van der Waals surface area contributed by atoms with E-state index in [0.29, 0.717) is 28.1 Å². The Labute approximate surface area is 193 Å². The summed E-state index contributed by atoms with van der Waals surface area (Å²) in [6.07, 6.45) is 3.02. The second-order valence-corrected chi connectivity index (χ2v) is 7.98. The first-order valence-electron chi connectivity index (χ1n) is 9.87. The highest BCUT2D eigenvalue weighted by Gasteiger charge is 2.19. The van der Waals surface area contributed by atoms with Crippen molar-refractivity contribution in [2.75, 3.05) is 14.2 Å². The maximum absolute atomic E-state index is 13.3. The summed E-state index contributed by atoms with van der Waals surface area (Å²) in [5, 5.41) is 0.779. The first-order chi connectivity index (χ1) is 15.5. The van der Waals surface area contributed by atoms with E-state index in [1.807, 2.05) is 48.5 Å². The number of benzene rings is 3. The van der Waals surface area contributed by atoms with E-state index in [1.165, 1.54) is 6.08 Å². The molecule has 0 atom stereocenters. The number of allylic oxidation sites excluding steroid dienone is 1. The van der Waals surface area contributed by atoms with Crippen LogP contribution >= 0.6 is 15.9 Å². The third-order valence-electron chi connectivity index (χ3n) is 5.14. The molecule has 6 heteroatoms. The zero-order chi connectivity index (χ0) is 22.7. The molecule has 0 saturated heterocycles. The van der Waals surface area contributed by atoms with E-state index in [4.69, 9.17) is 9.47 Å². The molecule has 0 aliphatic heterocycles. The third kappa shape index (κ3) is 4.22. The summed E-state index contributed by atoms with van der Waals surface area (Å²) in [6.45, 7) is 0. The van der Waals surface area contributed by atoms with Gasteiger partial charge in [0.25, 0.3) is 5.56 Å². The van der Waals surface area contributed by atoms with Gasteiger partial charge in [0.05, 0.1) is 19.8 Å². The fourth-order valence-electron chi connectivity index (χ4n) is 3.62. The Morgan fingerprint density at radius 3 is 2.47 bits per heavy atom. The molecule has 3 aromatic carbocycles. The second kappa shape index (κ2) is 9.24. The predicted molar refractivity (Wildman–Crippen MR) is 131 cm³/mol. The van der Waals surface area contributed by atoms with Gasteiger partial charge < -0.3 is 14.5 Å². The van der Waals surface area contributed by atoms with Gasteiger partial charge in [0.15, 0.2) is 5.78 Å². The van der Waals surface area contributed by atoms with Crippen molar-refractivity contribution in [3.63, 3.8) is 0 Å². The molecule has 5 nitrogen and oxygen atoms in total. The van der Waals surface area contributed by atoms with Crippen molar-refractivity contribution in [2.45, 2.75) is 0 Å². The molecule has 4 rings (SSSR count). The van der Waals surface area contributed by atoms with Gasteiger partial charge in [0.1, 0.15) is 11.5 Å². The average Bonchev–Trinajstić information content (AvgIpc) is 2.82. The van der Waals surface area contributed by atoms with Crippen molar-refractivity contribution in [3.8, 4) is 22.6 Å². The van der Waals surface area contributed by atoms with Crippen molar-refractivity contribution >= 4 is 38.7 Å². The maximum atomic E-state index is 13.3. The zero-order valence-electron chi connectivity index (χ0n) is 17.5. The number of aromatic nitrogens is 1. The Balaban J connectivity index is 1.89. The number of methoxy groups -OCH3 is 2. The molecular formula is C26H20BrNO4. The number of hydrogen-bond acceptors (Lipinski definition) is 4. The van der Waals surface area contributed by atoms with Crippen LogP contribution in [0.15, 0.2) is 82.1 Å². The number of ketones is 1. The van der Waals surface area contributed by atoms with Crippen LogP contribution in [-0.4, -0.2) is 25.0 Å². The molecule has 1 heterocycles. The number of fused-ring (bicyclic) bond motifs is 1. The van der Waals surface area contributed by atoms with Crippen LogP contribution in [0.2, 0.25) is 0 Å². The molecule has 160 valence electrons. The lowest BCUT2D eigenvalue weighted by molar-refractivity contribution is 0.104. The van der Waals surface area contributed by atoms with E-state index >= 15 is 0 Å². The molecule has 0 bridgehead atoms. The van der Waals surface area contributed by atoms with Gasteiger partial charge in [-0.05, 0) is 54.1 Å². The van der Waals surface area contributed by atoms with E-state index in [1.54, 1.807) is 38.5 Å². The maximum Gasteiger partial charge on any atom is 0.260 e. The highest BCUT2D eigenvalue weighted by Crippen LogP contribution is 2.32. The molecule has 0 aliphatic rings. The van der Waals surface area contributed by atoms with E-state index in [2.05, 4.69) is 20.9 Å². The van der Waals surface area contributed by atoms with Crippen LogP contribution in [0.4, 0.5) is 0 Å². The molecule has 32 heavy (non-hydrogen) atoms. The number of hydrogen-bond donors (Lipinski definition) is 1. The highest BCUT2D eigenvalue weighted by molar-refractivity contribution is 9.10. The Morgan fingerprint density at radius 2 is 1.75 bits per heavy atom. The number of pyridine rings is 1. The predicted octanol–water partition coefficient (Wildman–Crippen LogP) is 5.87. The lowest BCUT2D eigenvalue weighted by Crippen LogP contribution is -2.18. The van der Waals surface area contributed by atoms with Crippen molar-refractivity contribution < 1.29 is 14.3 Å². The van der Waals surface area contributed by atoms with E-state index in [9.17, 15) is 9.59 Å². The van der Waals surface area contributed by atoms with Crippen LogP contribution in [0.5, 0.6) is 11.5 Å². The second-order valence-electron chi connectivity index (χ2n) is 7.07. The van der Waals surface area contributed by atoms with E-state index < -0.39 is 11.3 Å². The van der Waals surface area contributed by atoms with Gasteiger partial charge in [0, 0.05) is 26.5 Å². The number of H-pyrrole nitrogens is 1. The minimum atomic E-state index is -0.439. The van der Waals surface area contributed by atoms with Gasteiger partial charge in [-0.3, -0.25) is 9.59 Å². The molecule has 0 unspecified atom stereocenters. The minimum Gasteiger partial charge on any atom is -0.497 e. The summed E-state index contributed by atoms with van der Waals surface area (Å²) >= 11 is 3.49. The summed E-state index contributed by atoms with van der Waals surface area (Å²) in [5.41, 5.74) is 2.36. The number of rotatable bonds is 6. The number of nitrogens with one attached hydrogen (secondary N) is 1. The summed E-state index contributed by atoms with van der Waals surface area (Å²) in [4.78, 5) is 29.2. The molecule has 0 amide bonds. The number of carbonyl (C=O) groups excluding carboxylic acids is 1. The third-order valence-corrected chi connectivity index (χ3v) is 5.63. The van der Waals surface area contributed by atoms with Gasteiger partial charge in [-0.1, -0.05) is 46.3 Å². The number of carbonyl (C=O) groups is 1. The van der Waals surface area contributed by atoms with Crippen molar-refractivity contribution in [3.05, 3.63) is 98.8 Å². The Morgan fingerprint density at radius 1 is 0.969 bits per heavy atom. The molecule has 4 aromatic rings. The van der Waals surface area contributed by atoms with Crippen LogP contribution < -0.4 is 15.0 Å². The van der Waals surface area contributed by atoms with Gasteiger partial charge in [-0.2, -0.15) is 0 Å². The number of halogens is 1. The molecule has 1 aromatic heterocycles.